The van der Waals surface area contributed by atoms with Gasteiger partial charge in [0.1, 0.15) is 23.4 Å². The first-order chi connectivity index (χ1) is 16.8. The van der Waals surface area contributed by atoms with Crippen molar-refractivity contribution in [2.24, 2.45) is 0 Å². The van der Waals surface area contributed by atoms with Crippen molar-refractivity contribution in [3.05, 3.63) is 64.1 Å². The number of hydrogen-bond acceptors (Lipinski definition) is 7. The third-order valence-electron chi connectivity index (χ3n) is 4.54. The van der Waals surface area contributed by atoms with Crippen LogP contribution in [0, 0.1) is 11.6 Å². The summed E-state index contributed by atoms with van der Waals surface area (Å²) in [4.78, 5) is 25.1. The first kappa shape index (κ1) is 27.0. The number of halogens is 3. The van der Waals surface area contributed by atoms with Crippen LogP contribution in [-0.4, -0.2) is 40.4 Å². The van der Waals surface area contributed by atoms with Gasteiger partial charge in [0.2, 0.25) is 16.9 Å². The Hall–Kier alpha value is -2.57. The molecule has 186 valence electrons. The lowest BCUT2D eigenvalue weighted by atomic mass is 10.1. The summed E-state index contributed by atoms with van der Waals surface area (Å²) in [6, 6.07) is 9.63. The topological polar surface area (TPSA) is 93.2 Å². The Morgan fingerprint density at radius 2 is 1.86 bits per heavy atom. The van der Waals surface area contributed by atoms with Crippen molar-refractivity contribution in [3.63, 3.8) is 0 Å². The highest BCUT2D eigenvalue weighted by Gasteiger charge is 2.22. The lowest BCUT2D eigenvalue weighted by molar-refractivity contribution is -0.126. The maximum atomic E-state index is 13.4. The van der Waals surface area contributed by atoms with E-state index in [1.807, 2.05) is 31.2 Å². The molecule has 0 saturated carbocycles. The highest BCUT2D eigenvalue weighted by molar-refractivity contribution is 9.10. The molecule has 0 aliphatic heterocycles. The first-order valence-electron chi connectivity index (χ1n) is 10.7. The van der Waals surface area contributed by atoms with Gasteiger partial charge in [-0.1, -0.05) is 52.4 Å². The number of carbonyl (C=O) groups is 2. The molecule has 0 fully saturated rings. The summed E-state index contributed by atoms with van der Waals surface area (Å²) in [5, 5.41) is 13.7. The minimum atomic E-state index is -0.815. The lowest BCUT2D eigenvalue weighted by Crippen LogP contribution is -2.44. The van der Waals surface area contributed by atoms with Crippen LogP contribution in [0.1, 0.15) is 25.3 Å². The first-order valence-corrected chi connectivity index (χ1v) is 13.3. The molecule has 35 heavy (non-hydrogen) atoms. The van der Waals surface area contributed by atoms with Gasteiger partial charge in [0.15, 0.2) is 4.34 Å². The van der Waals surface area contributed by atoms with E-state index in [0.29, 0.717) is 34.7 Å². The van der Waals surface area contributed by atoms with Crippen molar-refractivity contribution in [2.75, 3.05) is 17.7 Å². The summed E-state index contributed by atoms with van der Waals surface area (Å²) in [5.74, 6) is -1.06. The molecule has 2 aromatic carbocycles. The molecule has 0 saturated heterocycles. The van der Waals surface area contributed by atoms with Crippen molar-refractivity contribution >= 4 is 56.0 Å². The Morgan fingerprint density at radius 1 is 1.14 bits per heavy atom. The average molecular weight is 585 g/mol. The second-order valence-electron chi connectivity index (χ2n) is 7.38. The molecule has 0 spiro atoms. The van der Waals surface area contributed by atoms with Gasteiger partial charge < -0.3 is 10.1 Å². The predicted octanol–water partition coefficient (Wildman–Crippen LogP) is 5.22. The van der Waals surface area contributed by atoms with E-state index in [2.05, 4.69) is 36.8 Å². The lowest BCUT2D eigenvalue weighted by Gasteiger charge is -2.17. The van der Waals surface area contributed by atoms with E-state index in [9.17, 15) is 18.4 Å². The number of carbonyl (C=O) groups excluding carboxylic acids is 2. The standard InChI is InChI=1S/C23H23BrF2N4O3S2/c1-2-3-19(27-20(31)12-14-10-16(25)13-17(26)11-14)21(32)28-22-29-30-23(35-22)34-9-8-33-18-6-4-15(24)5-7-18/h4-7,10-11,13,19H,2-3,8-9,12H2,1H3,(H,27,31)(H,28,29,32). The zero-order chi connectivity index (χ0) is 25.2. The van der Waals surface area contributed by atoms with E-state index < -0.39 is 29.5 Å². The Kier molecular flexibility index (Phi) is 10.4. The van der Waals surface area contributed by atoms with Gasteiger partial charge in [0.25, 0.3) is 0 Å². The Bertz CT molecular complexity index is 1130. The zero-order valence-electron chi connectivity index (χ0n) is 18.7. The van der Waals surface area contributed by atoms with Gasteiger partial charge in [-0.25, -0.2) is 8.78 Å². The fourth-order valence-electron chi connectivity index (χ4n) is 3.03. The number of rotatable bonds is 12. The smallest absolute Gasteiger partial charge is 0.248 e. The van der Waals surface area contributed by atoms with Crippen LogP contribution < -0.4 is 15.4 Å². The van der Waals surface area contributed by atoms with Crippen LogP contribution in [0.4, 0.5) is 13.9 Å². The summed E-state index contributed by atoms with van der Waals surface area (Å²) in [6.07, 6.45) is 0.787. The quantitative estimate of drug-likeness (QED) is 0.172. The van der Waals surface area contributed by atoms with Crippen molar-refractivity contribution in [2.45, 2.75) is 36.6 Å². The highest BCUT2D eigenvalue weighted by atomic mass is 79.9. The monoisotopic (exact) mass is 584 g/mol. The maximum absolute atomic E-state index is 13.4. The van der Waals surface area contributed by atoms with Crippen LogP contribution in [0.5, 0.6) is 5.75 Å². The fourth-order valence-corrected chi connectivity index (χ4v) is 4.94. The van der Waals surface area contributed by atoms with Gasteiger partial charge in [-0.3, -0.25) is 14.9 Å². The van der Waals surface area contributed by atoms with Crippen molar-refractivity contribution in [1.29, 1.82) is 0 Å². The Morgan fingerprint density at radius 3 is 2.54 bits per heavy atom. The summed E-state index contributed by atoms with van der Waals surface area (Å²) in [6.45, 7) is 2.36. The number of aromatic nitrogens is 2. The van der Waals surface area contributed by atoms with Gasteiger partial charge in [-0.2, -0.15) is 0 Å². The average Bonchev–Trinajstić information content (AvgIpc) is 3.24. The largest absolute Gasteiger partial charge is 0.493 e. The van der Waals surface area contributed by atoms with E-state index in [0.717, 1.165) is 28.4 Å². The van der Waals surface area contributed by atoms with Crippen LogP contribution in [0.25, 0.3) is 0 Å². The second-order valence-corrected chi connectivity index (χ2v) is 10.6. The SMILES string of the molecule is CCCC(NC(=O)Cc1cc(F)cc(F)c1)C(=O)Nc1nnc(SCCOc2ccc(Br)cc2)s1. The van der Waals surface area contributed by atoms with Crippen LogP contribution >= 0.6 is 39.0 Å². The van der Waals surface area contributed by atoms with Crippen molar-refractivity contribution < 1.29 is 23.1 Å². The van der Waals surface area contributed by atoms with Crippen LogP contribution in [0.15, 0.2) is 51.3 Å². The molecule has 0 bridgehead atoms. The molecule has 0 aliphatic rings. The molecule has 2 amide bonds. The van der Waals surface area contributed by atoms with E-state index in [-0.39, 0.29) is 12.0 Å². The predicted molar refractivity (Wildman–Crippen MR) is 136 cm³/mol. The molecule has 1 heterocycles. The van der Waals surface area contributed by atoms with Crippen LogP contribution in [-0.2, 0) is 16.0 Å². The Labute approximate surface area is 218 Å². The van der Waals surface area contributed by atoms with Crippen LogP contribution in [0.2, 0.25) is 0 Å². The molecular weight excluding hydrogens is 562 g/mol. The molecule has 3 rings (SSSR count). The minimum Gasteiger partial charge on any atom is -0.493 e. The number of nitrogens with zero attached hydrogens (tertiary/aromatic N) is 2. The molecule has 0 aliphatic carbocycles. The number of hydrogen-bond donors (Lipinski definition) is 2. The van der Waals surface area contributed by atoms with Crippen molar-refractivity contribution in [3.8, 4) is 5.75 Å². The molecule has 1 aromatic heterocycles. The van der Waals surface area contributed by atoms with Gasteiger partial charge in [0.05, 0.1) is 13.0 Å². The third-order valence-corrected chi connectivity index (χ3v) is 7.01. The zero-order valence-corrected chi connectivity index (χ0v) is 21.9. The number of nitrogens with one attached hydrogen (secondary N) is 2. The van der Waals surface area contributed by atoms with E-state index in [1.165, 1.54) is 23.1 Å². The molecule has 1 atom stereocenters. The summed E-state index contributed by atoms with van der Waals surface area (Å²) >= 11 is 6.05. The minimum absolute atomic E-state index is 0.186. The van der Waals surface area contributed by atoms with Gasteiger partial charge >= 0.3 is 0 Å². The second kappa shape index (κ2) is 13.5. The molecule has 12 heteroatoms. The van der Waals surface area contributed by atoms with Crippen LogP contribution in [0.3, 0.4) is 0 Å². The third kappa shape index (κ3) is 9.19. The number of benzene rings is 2. The molecule has 3 aromatic rings. The number of thioether (sulfide) groups is 1. The Balaban J connectivity index is 1.47. The molecule has 2 N–H and O–H groups in total. The molecule has 0 radical (unpaired) electrons. The summed E-state index contributed by atoms with van der Waals surface area (Å²) in [7, 11) is 0. The summed E-state index contributed by atoms with van der Waals surface area (Å²) in [5.41, 5.74) is 0.186. The molecular formula is C23H23BrF2N4O3S2. The normalized spacial score (nSPS) is 11.7. The maximum Gasteiger partial charge on any atom is 0.248 e. The van der Waals surface area contributed by atoms with Gasteiger partial charge in [0, 0.05) is 16.3 Å². The van der Waals surface area contributed by atoms with E-state index in [1.54, 1.807) is 0 Å². The molecule has 1 unspecified atom stereocenters. The summed E-state index contributed by atoms with van der Waals surface area (Å²) < 4.78 is 34.0. The number of amides is 2. The van der Waals surface area contributed by atoms with Crippen molar-refractivity contribution in [1.82, 2.24) is 15.5 Å². The van der Waals surface area contributed by atoms with E-state index in [4.69, 9.17) is 4.74 Å². The van der Waals surface area contributed by atoms with Gasteiger partial charge in [-0.05, 0) is 48.4 Å². The number of anilines is 1. The fraction of sp³-hybridized carbons (Fsp3) is 0.304. The molecule has 7 nitrogen and oxygen atoms in total. The highest BCUT2D eigenvalue weighted by Crippen LogP contribution is 2.26. The van der Waals surface area contributed by atoms with E-state index >= 15 is 0 Å². The number of ether oxygens (including phenoxy) is 1. The van der Waals surface area contributed by atoms with Gasteiger partial charge in [-0.15, -0.1) is 10.2 Å².